The molecule has 1 aliphatic rings. The molecule has 0 saturated carbocycles. The number of hydrogen-bond acceptors (Lipinski definition) is 4. The normalized spacial score (nSPS) is 14.0. The molecule has 0 fully saturated rings. The fraction of sp³-hybridized carbons (Fsp3) is 0. The van der Waals surface area contributed by atoms with Gasteiger partial charge in [-0.1, -0.05) is 29.8 Å². The molecule has 0 bridgehead atoms. The van der Waals surface area contributed by atoms with Crippen molar-refractivity contribution in [3.63, 3.8) is 0 Å². The van der Waals surface area contributed by atoms with E-state index in [-0.39, 0.29) is 17.3 Å². The molecule has 0 spiro atoms. The van der Waals surface area contributed by atoms with Crippen LogP contribution in [0.2, 0.25) is 5.02 Å². The highest BCUT2D eigenvalue weighted by molar-refractivity contribution is 6.41. The number of fused-ring (bicyclic) bond motifs is 1. The third-order valence-corrected chi connectivity index (χ3v) is 4.32. The van der Waals surface area contributed by atoms with E-state index in [1.165, 1.54) is 12.3 Å². The third-order valence-electron chi connectivity index (χ3n) is 4.03. The van der Waals surface area contributed by atoms with Gasteiger partial charge in [-0.2, -0.15) is 0 Å². The lowest BCUT2D eigenvalue weighted by Gasteiger charge is -2.09. The lowest BCUT2D eigenvalue weighted by molar-refractivity contribution is -0.110. The average Bonchev–Trinajstić information content (AvgIpc) is 2.99. The number of carbonyl (C=O) groups excluding carboxylic acids is 2. The van der Waals surface area contributed by atoms with Crippen molar-refractivity contribution in [1.82, 2.24) is 4.98 Å². The zero-order valence-electron chi connectivity index (χ0n) is 14.0. The average molecular weight is 377 g/mol. The summed E-state index contributed by atoms with van der Waals surface area (Å²) in [7, 11) is 0. The van der Waals surface area contributed by atoms with E-state index in [2.05, 4.69) is 10.3 Å². The Morgan fingerprint density at radius 1 is 1.07 bits per heavy atom. The number of nitrogens with zero attached hydrogens (tertiary/aromatic N) is 1. The summed E-state index contributed by atoms with van der Waals surface area (Å²) in [6, 6.07) is 15.8. The minimum Gasteiger partial charge on any atom is -0.457 e. The second kappa shape index (κ2) is 7.05. The molecular formula is C21H13ClN2O3. The summed E-state index contributed by atoms with van der Waals surface area (Å²) in [5.41, 5.74) is 1.60. The summed E-state index contributed by atoms with van der Waals surface area (Å²) < 4.78 is 5.77. The van der Waals surface area contributed by atoms with Gasteiger partial charge in [-0.25, -0.2) is 0 Å². The van der Waals surface area contributed by atoms with E-state index >= 15 is 0 Å². The second-order valence-corrected chi connectivity index (χ2v) is 6.27. The van der Waals surface area contributed by atoms with Crippen LogP contribution in [-0.4, -0.2) is 16.7 Å². The maximum atomic E-state index is 12.4. The maximum Gasteiger partial charge on any atom is 0.256 e. The predicted molar refractivity (Wildman–Crippen MR) is 103 cm³/mol. The van der Waals surface area contributed by atoms with E-state index in [4.69, 9.17) is 16.3 Å². The molecule has 1 N–H and O–H groups in total. The van der Waals surface area contributed by atoms with Crippen LogP contribution in [0, 0.1) is 0 Å². The van der Waals surface area contributed by atoms with Gasteiger partial charge in [0.1, 0.15) is 11.5 Å². The van der Waals surface area contributed by atoms with E-state index in [0.717, 1.165) is 0 Å². The molecule has 1 aliphatic heterocycles. The van der Waals surface area contributed by atoms with Gasteiger partial charge in [0, 0.05) is 35.7 Å². The Morgan fingerprint density at radius 2 is 1.89 bits per heavy atom. The monoisotopic (exact) mass is 376 g/mol. The molecule has 4 rings (SSSR count). The fourth-order valence-electron chi connectivity index (χ4n) is 2.80. The van der Waals surface area contributed by atoms with Crippen molar-refractivity contribution in [2.75, 3.05) is 5.32 Å². The van der Waals surface area contributed by atoms with Crippen molar-refractivity contribution in [3.8, 4) is 11.5 Å². The number of benzene rings is 2. The second-order valence-electron chi connectivity index (χ2n) is 5.86. The SMILES string of the molecule is O=C1Nc2cc(Oc3ccccc3)cc(Cl)c2C1=CC(=O)c1cccnc1. The molecule has 0 atom stereocenters. The van der Waals surface area contributed by atoms with Gasteiger partial charge in [0.15, 0.2) is 5.78 Å². The van der Waals surface area contributed by atoms with Gasteiger partial charge in [0.25, 0.3) is 5.91 Å². The Labute approximate surface area is 160 Å². The Kier molecular flexibility index (Phi) is 4.44. The number of ketones is 1. The first kappa shape index (κ1) is 17.0. The van der Waals surface area contributed by atoms with E-state index < -0.39 is 0 Å². The van der Waals surface area contributed by atoms with Crippen LogP contribution in [0.4, 0.5) is 5.69 Å². The standard InChI is InChI=1S/C21H13ClN2O3/c22-17-9-15(27-14-6-2-1-3-7-14)10-18-20(17)16(21(26)24-18)11-19(25)13-5-4-8-23-12-13/h1-12H,(H,24,26). The molecule has 0 saturated heterocycles. The summed E-state index contributed by atoms with van der Waals surface area (Å²) in [5, 5.41) is 3.05. The Morgan fingerprint density at radius 3 is 2.63 bits per heavy atom. The molecule has 5 nitrogen and oxygen atoms in total. The number of para-hydroxylation sites is 1. The van der Waals surface area contributed by atoms with Crippen molar-refractivity contribution >= 4 is 34.6 Å². The van der Waals surface area contributed by atoms with Gasteiger partial charge >= 0.3 is 0 Å². The molecule has 0 unspecified atom stereocenters. The van der Waals surface area contributed by atoms with Crippen molar-refractivity contribution in [2.24, 2.45) is 0 Å². The highest BCUT2D eigenvalue weighted by Crippen LogP contribution is 2.41. The van der Waals surface area contributed by atoms with Gasteiger partial charge in [-0.15, -0.1) is 0 Å². The number of pyridine rings is 1. The van der Waals surface area contributed by atoms with Gasteiger partial charge in [0.05, 0.1) is 16.3 Å². The van der Waals surface area contributed by atoms with Crippen molar-refractivity contribution in [3.05, 3.63) is 89.2 Å². The number of ether oxygens (including phenoxy) is 1. The molecule has 2 heterocycles. The lowest BCUT2D eigenvalue weighted by Crippen LogP contribution is -2.06. The highest BCUT2D eigenvalue weighted by atomic mass is 35.5. The molecule has 2 aromatic carbocycles. The molecule has 1 aromatic heterocycles. The van der Waals surface area contributed by atoms with Gasteiger partial charge in [0.2, 0.25) is 0 Å². The summed E-state index contributed by atoms with van der Waals surface area (Å²) >= 11 is 6.39. The zero-order chi connectivity index (χ0) is 18.8. The first-order valence-electron chi connectivity index (χ1n) is 8.16. The number of amides is 1. The molecule has 1 amide bonds. The van der Waals surface area contributed by atoms with Crippen LogP contribution in [0.25, 0.3) is 5.57 Å². The molecule has 0 radical (unpaired) electrons. The minimum atomic E-state index is -0.388. The fourth-order valence-corrected chi connectivity index (χ4v) is 3.11. The first-order valence-corrected chi connectivity index (χ1v) is 8.54. The lowest BCUT2D eigenvalue weighted by atomic mass is 10.0. The van der Waals surface area contributed by atoms with Crippen molar-refractivity contribution < 1.29 is 14.3 Å². The van der Waals surface area contributed by atoms with Crippen LogP contribution in [0.1, 0.15) is 15.9 Å². The molecule has 6 heteroatoms. The predicted octanol–water partition coefficient (Wildman–Crippen LogP) is 4.75. The number of hydrogen-bond donors (Lipinski definition) is 1. The van der Waals surface area contributed by atoms with Crippen LogP contribution in [0.5, 0.6) is 11.5 Å². The quantitative estimate of drug-likeness (QED) is 0.527. The van der Waals surface area contributed by atoms with Crippen LogP contribution in [0.3, 0.4) is 0 Å². The zero-order valence-corrected chi connectivity index (χ0v) is 14.7. The van der Waals surface area contributed by atoms with Crippen LogP contribution >= 0.6 is 11.6 Å². The smallest absolute Gasteiger partial charge is 0.256 e. The van der Waals surface area contributed by atoms with Gasteiger partial charge in [-0.3, -0.25) is 14.6 Å². The highest BCUT2D eigenvalue weighted by Gasteiger charge is 2.28. The molecular weight excluding hydrogens is 364 g/mol. The Bertz CT molecular complexity index is 1060. The molecule has 3 aromatic rings. The Hall–Kier alpha value is -3.44. The van der Waals surface area contributed by atoms with E-state index in [0.29, 0.717) is 33.3 Å². The number of rotatable bonds is 4. The minimum absolute atomic E-state index is 0.218. The number of aromatic nitrogens is 1. The third kappa shape index (κ3) is 3.45. The maximum absolute atomic E-state index is 12.4. The summed E-state index contributed by atoms with van der Waals surface area (Å²) in [4.78, 5) is 28.7. The largest absolute Gasteiger partial charge is 0.457 e. The van der Waals surface area contributed by atoms with Crippen molar-refractivity contribution in [1.29, 1.82) is 0 Å². The number of anilines is 1. The number of halogens is 1. The van der Waals surface area contributed by atoms with E-state index in [1.54, 1.807) is 30.5 Å². The van der Waals surface area contributed by atoms with Crippen LogP contribution in [-0.2, 0) is 4.79 Å². The number of carbonyl (C=O) groups is 2. The molecule has 0 aliphatic carbocycles. The number of nitrogens with one attached hydrogen (secondary N) is 1. The molecule has 27 heavy (non-hydrogen) atoms. The number of allylic oxidation sites excluding steroid dienone is 1. The topological polar surface area (TPSA) is 68.3 Å². The van der Waals surface area contributed by atoms with E-state index in [9.17, 15) is 9.59 Å². The summed E-state index contributed by atoms with van der Waals surface area (Å²) in [6.07, 6.45) is 4.31. The van der Waals surface area contributed by atoms with E-state index in [1.807, 2.05) is 30.3 Å². The Balaban J connectivity index is 1.69. The van der Waals surface area contributed by atoms with Gasteiger partial charge < -0.3 is 10.1 Å². The first-order chi connectivity index (χ1) is 13.1. The van der Waals surface area contributed by atoms with Gasteiger partial charge in [-0.05, 0) is 30.3 Å². The van der Waals surface area contributed by atoms with Crippen LogP contribution in [0.15, 0.2) is 73.1 Å². The van der Waals surface area contributed by atoms with Crippen molar-refractivity contribution in [2.45, 2.75) is 0 Å². The summed E-state index contributed by atoms with van der Waals surface area (Å²) in [6.45, 7) is 0. The summed E-state index contributed by atoms with van der Waals surface area (Å²) in [5.74, 6) is 0.438. The molecule has 132 valence electrons. The van der Waals surface area contributed by atoms with Crippen LogP contribution < -0.4 is 10.1 Å².